The molecule has 7 heteroatoms. The number of piperidine rings is 1. The molecule has 2 aromatic rings. The largest absolute Gasteiger partial charge is 0.419 e. The highest BCUT2D eigenvalue weighted by Crippen LogP contribution is 2.30. The lowest BCUT2D eigenvalue weighted by molar-refractivity contribution is 0.0582. The molecule has 1 saturated heterocycles. The summed E-state index contributed by atoms with van der Waals surface area (Å²) in [5.41, 5.74) is 0.745. The predicted molar refractivity (Wildman–Crippen MR) is 85.0 cm³/mol. The minimum atomic E-state index is -0.196. The van der Waals surface area contributed by atoms with Crippen molar-refractivity contribution in [3.05, 3.63) is 34.1 Å². The highest BCUT2D eigenvalue weighted by Gasteiger charge is 2.26. The number of aliphatic hydroxyl groups excluding tert-OH is 1. The van der Waals surface area contributed by atoms with Crippen molar-refractivity contribution in [2.24, 2.45) is 0 Å². The molecule has 0 saturated carbocycles. The molecule has 0 radical (unpaired) electrons. The number of nitrogens with zero attached hydrogens (tertiary/aromatic N) is 3. The summed E-state index contributed by atoms with van der Waals surface area (Å²) in [6.45, 7) is 3.68. The summed E-state index contributed by atoms with van der Waals surface area (Å²) in [6, 6.07) is 5.24. The van der Waals surface area contributed by atoms with E-state index in [9.17, 15) is 5.11 Å². The molecule has 0 spiro atoms. The van der Waals surface area contributed by atoms with Crippen LogP contribution in [0.3, 0.4) is 0 Å². The van der Waals surface area contributed by atoms with Crippen LogP contribution in [0.4, 0.5) is 0 Å². The van der Waals surface area contributed by atoms with Crippen LogP contribution in [-0.2, 0) is 0 Å². The number of aromatic nitrogens is 2. The van der Waals surface area contributed by atoms with Gasteiger partial charge in [0.05, 0.1) is 22.2 Å². The number of benzene rings is 1. The maximum atomic E-state index is 9.58. The van der Waals surface area contributed by atoms with Crippen molar-refractivity contribution in [1.29, 1.82) is 0 Å². The molecule has 0 amide bonds. The van der Waals surface area contributed by atoms with Crippen molar-refractivity contribution >= 4 is 23.2 Å². The van der Waals surface area contributed by atoms with E-state index >= 15 is 0 Å². The van der Waals surface area contributed by atoms with Gasteiger partial charge >= 0.3 is 0 Å². The van der Waals surface area contributed by atoms with Gasteiger partial charge in [0.25, 0.3) is 0 Å². The Morgan fingerprint density at radius 2 is 1.95 bits per heavy atom. The van der Waals surface area contributed by atoms with Crippen LogP contribution < -0.4 is 0 Å². The third-order valence-electron chi connectivity index (χ3n) is 4.01. The molecule has 5 nitrogen and oxygen atoms in total. The van der Waals surface area contributed by atoms with Crippen LogP contribution >= 0.6 is 23.2 Å². The number of hydrogen-bond donors (Lipinski definition) is 1. The van der Waals surface area contributed by atoms with Crippen molar-refractivity contribution in [3.63, 3.8) is 0 Å². The van der Waals surface area contributed by atoms with Gasteiger partial charge in [0.2, 0.25) is 11.8 Å². The van der Waals surface area contributed by atoms with Gasteiger partial charge in [-0.25, -0.2) is 0 Å². The lowest BCUT2D eigenvalue weighted by Gasteiger charge is -2.32. The van der Waals surface area contributed by atoms with E-state index in [2.05, 4.69) is 15.1 Å². The topological polar surface area (TPSA) is 62.4 Å². The van der Waals surface area contributed by atoms with E-state index in [0.29, 0.717) is 21.8 Å². The average molecular weight is 342 g/mol. The summed E-state index contributed by atoms with van der Waals surface area (Å²) in [7, 11) is 0. The standard InChI is InChI=1S/C15H17Cl2N3O2/c1-9(20-6-4-11(21)5-7-20)14-18-19-15(22-14)10-2-3-12(16)13(17)8-10/h2-3,8-9,11,21H,4-7H2,1H3. The molecule has 1 N–H and O–H groups in total. The van der Waals surface area contributed by atoms with Gasteiger partial charge in [-0.05, 0) is 38.0 Å². The second kappa shape index (κ2) is 6.54. The molecule has 0 bridgehead atoms. The molecule has 1 aromatic heterocycles. The van der Waals surface area contributed by atoms with Gasteiger partial charge < -0.3 is 9.52 Å². The van der Waals surface area contributed by atoms with Crippen molar-refractivity contribution in [2.75, 3.05) is 13.1 Å². The van der Waals surface area contributed by atoms with E-state index in [1.807, 2.05) is 6.92 Å². The van der Waals surface area contributed by atoms with E-state index in [-0.39, 0.29) is 12.1 Å². The van der Waals surface area contributed by atoms with Crippen LogP contribution in [-0.4, -0.2) is 39.4 Å². The molecule has 2 heterocycles. The van der Waals surface area contributed by atoms with Gasteiger partial charge in [0, 0.05) is 18.7 Å². The van der Waals surface area contributed by atoms with Crippen LogP contribution in [0, 0.1) is 0 Å². The SMILES string of the molecule is CC(c1nnc(-c2ccc(Cl)c(Cl)c2)o1)N1CCC(O)CC1. The Kier molecular flexibility index (Phi) is 4.68. The van der Waals surface area contributed by atoms with Crippen LogP contribution in [0.5, 0.6) is 0 Å². The fraction of sp³-hybridized carbons (Fsp3) is 0.467. The minimum Gasteiger partial charge on any atom is -0.419 e. The van der Waals surface area contributed by atoms with Gasteiger partial charge in [0.1, 0.15) is 0 Å². The normalized spacial score (nSPS) is 18.5. The number of rotatable bonds is 3. The highest BCUT2D eigenvalue weighted by atomic mass is 35.5. The van der Waals surface area contributed by atoms with E-state index in [4.69, 9.17) is 27.6 Å². The second-order valence-corrected chi connectivity index (χ2v) is 6.33. The third kappa shape index (κ3) is 3.27. The summed E-state index contributed by atoms with van der Waals surface area (Å²) >= 11 is 11.9. The van der Waals surface area contributed by atoms with Gasteiger partial charge in [-0.1, -0.05) is 23.2 Å². The number of halogens is 2. The summed E-state index contributed by atoms with van der Waals surface area (Å²) in [6.07, 6.45) is 1.36. The van der Waals surface area contributed by atoms with Crippen molar-refractivity contribution in [1.82, 2.24) is 15.1 Å². The zero-order chi connectivity index (χ0) is 15.7. The first-order valence-electron chi connectivity index (χ1n) is 7.25. The first kappa shape index (κ1) is 15.7. The zero-order valence-electron chi connectivity index (χ0n) is 12.2. The zero-order valence-corrected chi connectivity index (χ0v) is 13.7. The Balaban J connectivity index is 1.76. The molecule has 1 fully saturated rings. The van der Waals surface area contributed by atoms with Gasteiger partial charge in [-0.2, -0.15) is 0 Å². The van der Waals surface area contributed by atoms with Crippen LogP contribution in [0.25, 0.3) is 11.5 Å². The minimum absolute atomic E-state index is 0.0246. The average Bonchev–Trinajstić information content (AvgIpc) is 3.00. The fourth-order valence-corrected chi connectivity index (χ4v) is 2.88. The van der Waals surface area contributed by atoms with E-state index < -0.39 is 0 Å². The number of likely N-dealkylation sites (tertiary alicyclic amines) is 1. The summed E-state index contributed by atoms with van der Waals surface area (Å²) in [5, 5.41) is 18.8. The van der Waals surface area contributed by atoms with Crippen molar-refractivity contribution < 1.29 is 9.52 Å². The van der Waals surface area contributed by atoms with Gasteiger partial charge in [-0.3, -0.25) is 4.90 Å². The van der Waals surface area contributed by atoms with E-state index in [0.717, 1.165) is 31.5 Å². The maximum Gasteiger partial charge on any atom is 0.247 e. The van der Waals surface area contributed by atoms with Gasteiger partial charge in [0.15, 0.2) is 0 Å². The Morgan fingerprint density at radius 1 is 1.23 bits per heavy atom. The molecular formula is C15H17Cl2N3O2. The Morgan fingerprint density at radius 3 is 2.64 bits per heavy atom. The Bertz CT molecular complexity index is 654. The molecular weight excluding hydrogens is 325 g/mol. The monoisotopic (exact) mass is 341 g/mol. The molecule has 1 unspecified atom stereocenters. The fourth-order valence-electron chi connectivity index (χ4n) is 2.58. The lowest BCUT2D eigenvalue weighted by Crippen LogP contribution is -2.37. The van der Waals surface area contributed by atoms with Gasteiger partial charge in [-0.15, -0.1) is 10.2 Å². The number of aliphatic hydroxyl groups is 1. The molecule has 22 heavy (non-hydrogen) atoms. The first-order valence-corrected chi connectivity index (χ1v) is 8.01. The van der Waals surface area contributed by atoms with E-state index in [1.54, 1.807) is 18.2 Å². The molecule has 1 atom stereocenters. The summed E-state index contributed by atoms with van der Waals surface area (Å²) in [4.78, 5) is 2.23. The van der Waals surface area contributed by atoms with Crippen LogP contribution in [0.15, 0.2) is 22.6 Å². The van der Waals surface area contributed by atoms with Crippen molar-refractivity contribution in [2.45, 2.75) is 31.9 Å². The molecule has 1 aliphatic heterocycles. The predicted octanol–water partition coefficient (Wildman–Crippen LogP) is 3.56. The Labute approximate surface area is 138 Å². The molecule has 1 aromatic carbocycles. The van der Waals surface area contributed by atoms with Crippen LogP contribution in [0.2, 0.25) is 10.0 Å². The smallest absolute Gasteiger partial charge is 0.247 e. The van der Waals surface area contributed by atoms with Crippen LogP contribution in [0.1, 0.15) is 31.7 Å². The maximum absolute atomic E-state index is 9.58. The summed E-state index contributed by atoms with van der Waals surface area (Å²) < 4.78 is 5.78. The lowest BCUT2D eigenvalue weighted by atomic mass is 10.1. The highest BCUT2D eigenvalue weighted by molar-refractivity contribution is 6.42. The summed E-state index contributed by atoms with van der Waals surface area (Å²) in [5.74, 6) is 0.995. The van der Waals surface area contributed by atoms with E-state index in [1.165, 1.54) is 0 Å². The second-order valence-electron chi connectivity index (χ2n) is 5.52. The number of hydrogen-bond acceptors (Lipinski definition) is 5. The third-order valence-corrected chi connectivity index (χ3v) is 4.75. The molecule has 0 aliphatic carbocycles. The molecule has 118 valence electrons. The first-order chi connectivity index (χ1) is 10.5. The molecule has 3 rings (SSSR count). The quantitative estimate of drug-likeness (QED) is 0.924. The van der Waals surface area contributed by atoms with Crippen molar-refractivity contribution in [3.8, 4) is 11.5 Å². The molecule has 1 aliphatic rings. The Hall–Kier alpha value is -1.14.